The summed E-state index contributed by atoms with van der Waals surface area (Å²) in [4.78, 5) is 21.6. The number of pyridine rings is 3. The van der Waals surface area contributed by atoms with Crippen molar-refractivity contribution < 1.29 is 0 Å². The number of aromatic amines is 1. The number of nitrogens with zero attached hydrogens (tertiary/aromatic N) is 5. The summed E-state index contributed by atoms with van der Waals surface area (Å²) in [6.45, 7) is 0. The standard InChI is InChI=1S/C20H13N7S/c1-28-20-11(9-21)4-5-14(25-20)19-26-16-12-6-8-22-10-15(12)24-18-13(17(16)27-19)3-2-7-23-18/h2-8,10H,1H3,(H,23,24)(H,26,27). The number of thioether (sulfide) groups is 1. The van der Waals surface area contributed by atoms with Gasteiger partial charge in [-0.3, -0.25) is 4.98 Å². The zero-order valence-corrected chi connectivity index (χ0v) is 15.6. The van der Waals surface area contributed by atoms with E-state index >= 15 is 0 Å². The first-order valence-corrected chi connectivity index (χ1v) is 9.73. The number of rotatable bonds is 2. The third kappa shape index (κ3) is 2.52. The topological polar surface area (TPSA) is 103 Å². The van der Waals surface area contributed by atoms with Crippen LogP contribution in [0.3, 0.4) is 0 Å². The summed E-state index contributed by atoms with van der Waals surface area (Å²) >= 11 is 1.44. The highest BCUT2D eigenvalue weighted by Crippen LogP contribution is 2.42. The van der Waals surface area contributed by atoms with E-state index < -0.39 is 0 Å². The quantitative estimate of drug-likeness (QED) is 0.439. The van der Waals surface area contributed by atoms with Gasteiger partial charge in [-0.1, -0.05) is 0 Å². The number of nitriles is 1. The van der Waals surface area contributed by atoms with Crippen molar-refractivity contribution >= 4 is 23.3 Å². The van der Waals surface area contributed by atoms with E-state index in [1.807, 2.05) is 30.5 Å². The molecule has 0 spiro atoms. The summed E-state index contributed by atoms with van der Waals surface area (Å²) in [7, 11) is 0. The Morgan fingerprint density at radius 2 is 2.00 bits per heavy atom. The summed E-state index contributed by atoms with van der Waals surface area (Å²) in [5, 5.41) is 13.3. The van der Waals surface area contributed by atoms with Crippen LogP contribution in [0.1, 0.15) is 5.56 Å². The number of aromatic nitrogens is 5. The zero-order chi connectivity index (χ0) is 19.1. The van der Waals surface area contributed by atoms with E-state index in [0.717, 1.165) is 34.0 Å². The minimum Gasteiger partial charge on any atom is -0.338 e. The minimum atomic E-state index is 0.555. The highest BCUT2D eigenvalue weighted by Gasteiger charge is 2.24. The molecule has 0 atom stereocenters. The molecule has 5 rings (SSSR count). The summed E-state index contributed by atoms with van der Waals surface area (Å²) < 4.78 is 0. The molecule has 2 N–H and O–H groups in total. The van der Waals surface area contributed by atoms with Crippen molar-refractivity contribution in [1.82, 2.24) is 24.9 Å². The van der Waals surface area contributed by atoms with Gasteiger partial charge < -0.3 is 10.3 Å². The van der Waals surface area contributed by atoms with Crippen LogP contribution in [0.5, 0.6) is 0 Å². The van der Waals surface area contributed by atoms with Crippen LogP contribution in [0.15, 0.2) is 53.9 Å². The molecule has 0 fully saturated rings. The van der Waals surface area contributed by atoms with E-state index in [2.05, 4.69) is 31.3 Å². The highest BCUT2D eigenvalue weighted by molar-refractivity contribution is 7.98. The van der Waals surface area contributed by atoms with Crippen molar-refractivity contribution in [2.24, 2.45) is 0 Å². The van der Waals surface area contributed by atoms with Crippen molar-refractivity contribution in [3.8, 4) is 40.1 Å². The second kappa shape index (κ2) is 6.48. The summed E-state index contributed by atoms with van der Waals surface area (Å²) in [5.41, 5.74) is 5.63. The maximum absolute atomic E-state index is 9.25. The van der Waals surface area contributed by atoms with Crippen LogP contribution in [0, 0.1) is 11.3 Å². The van der Waals surface area contributed by atoms with Gasteiger partial charge in [-0.2, -0.15) is 5.26 Å². The number of nitrogens with one attached hydrogen (secondary N) is 2. The van der Waals surface area contributed by atoms with Crippen LogP contribution in [0.2, 0.25) is 0 Å². The Morgan fingerprint density at radius 3 is 2.86 bits per heavy atom. The summed E-state index contributed by atoms with van der Waals surface area (Å²) in [6.07, 6.45) is 7.17. The number of anilines is 2. The van der Waals surface area contributed by atoms with Crippen LogP contribution in [-0.4, -0.2) is 31.2 Å². The van der Waals surface area contributed by atoms with Crippen LogP contribution in [-0.2, 0) is 0 Å². The molecule has 134 valence electrons. The summed E-state index contributed by atoms with van der Waals surface area (Å²) in [6, 6.07) is 11.6. The number of fused-ring (bicyclic) bond motifs is 5. The van der Waals surface area contributed by atoms with Gasteiger partial charge in [0.25, 0.3) is 0 Å². The van der Waals surface area contributed by atoms with Gasteiger partial charge in [-0.05, 0) is 36.6 Å². The van der Waals surface area contributed by atoms with Crippen molar-refractivity contribution in [2.75, 3.05) is 11.6 Å². The lowest BCUT2D eigenvalue weighted by atomic mass is 10.1. The van der Waals surface area contributed by atoms with E-state index in [1.54, 1.807) is 24.7 Å². The molecule has 0 amide bonds. The SMILES string of the molecule is CSc1nc(-c2nc3c([nH]2)-c2ccncc2Nc2ncccc2-3)ccc1C#N. The fraction of sp³-hybridized carbons (Fsp3) is 0.0500. The Balaban J connectivity index is 1.75. The fourth-order valence-corrected chi connectivity index (χ4v) is 3.76. The predicted octanol–water partition coefficient (Wildman–Crippen LogP) is 4.25. The Kier molecular flexibility index (Phi) is 3.81. The molecule has 0 unspecified atom stereocenters. The van der Waals surface area contributed by atoms with Crippen molar-refractivity contribution in [3.05, 3.63) is 54.5 Å². The van der Waals surface area contributed by atoms with Gasteiger partial charge in [0.1, 0.15) is 28.3 Å². The van der Waals surface area contributed by atoms with Crippen molar-refractivity contribution in [2.45, 2.75) is 5.03 Å². The van der Waals surface area contributed by atoms with Crippen LogP contribution < -0.4 is 5.32 Å². The smallest absolute Gasteiger partial charge is 0.157 e. The lowest BCUT2D eigenvalue weighted by Gasteiger charge is -2.08. The molecule has 0 aromatic carbocycles. The first-order chi connectivity index (χ1) is 13.8. The average molecular weight is 383 g/mol. The Bertz CT molecular complexity index is 1190. The van der Waals surface area contributed by atoms with Crippen LogP contribution >= 0.6 is 11.8 Å². The third-order valence-electron chi connectivity index (χ3n) is 4.53. The molecule has 1 aliphatic heterocycles. The molecule has 0 bridgehead atoms. The molecule has 0 saturated heterocycles. The first kappa shape index (κ1) is 16.5. The van der Waals surface area contributed by atoms with Gasteiger partial charge in [0.15, 0.2) is 5.82 Å². The molecular weight excluding hydrogens is 370 g/mol. The molecule has 0 radical (unpaired) electrons. The molecule has 1 aliphatic rings. The fourth-order valence-electron chi connectivity index (χ4n) is 3.23. The first-order valence-electron chi connectivity index (χ1n) is 8.51. The van der Waals surface area contributed by atoms with Gasteiger partial charge >= 0.3 is 0 Å². The van der Waals surface area contributed by atoms with E-state index in [9.17, 15) is 5.26 Å². The maximum atomic E-state index is 9.25. The van der Waals surface area contributed by atoms with Gasteiger partial charge in [0.05, 0.1) is 23.1 Å². The molecule has 7 nitrogen and oxygen atoms in total. The third-order valence-corrected chi connectivity index (χ3v) is 5.22. The van der Waals surface area contributed by atoms with Crippen LogP contribution in [0.4, 0.5) is 11.5 Å². The molecule has 28 heavy (non-hydrogen) atoms. The highest BCUT2D eigenvalue weighted by atomic mass is 32.2. The Hall–Kier alpha value is -3.70. The molecule has 0 saturated carbocycles. The normalized spacial score (nSPS) is 11.4. The molecule has 0 aliphatic carbocycles. The molecule has 5 heterocycles. The Morgan fingerprint density at radius 1 is 1.07 bits per heavy atom. The number of imidazole rings is 1. The predicted molar refractivity (Wildman–Crippen MR) is 108 cm³/mol. The van der Waals surface area contributed by atoms with Gasteiger partial charge in [0.2, 0.25) is 0 Å². The average Bonchev–Trinajstić information content (AvgIpc) is 3.14. The maximum Gasteiger partial charge on any atom is 0.157 e. The second-order valence-electron chi connectivity index (χ2n) is 6.12. The van der Waals surface area contributed by atoms with E-state index in [4.69, 9.17) is 4.98 Å². The second-order valence-corrected chi connectivity index (χ2v) is 6.91. The van der Waals surface area contributed by atoms with Gasteiger partial charge in [-0.25, -0.2) is 15.0 Å². The number of hydrogen-bond acceptors (Lipinski definition) is 7. The summed E-state index contributed by atoms with van der Waals surface area (Å²) in [5.74, 6) is 1.37. The number of H-pyrrole nitrogens is 1. The zero-order valence-electron chi connectivity index (χ0n) is 14.8. The number of hydrogen-bond donors (Lipinski definition) is 2. The monoisotopic (exact) mass is 383 g/mol. The van der Waals surface area contributed by atoms with Gasteiger partial charge in [-0.15, -0.1) is 11.8 Å². The van der Waals surface area contributed by atoms with E-state index in [-0.39, 0.29) is 0 Å². The van der Waals surface area contributed by atoms with Crippen LogP contribution in [0.25, 0.3) is 34.0 Å². The van der Waals surface area contributed by atoms with Crippen molar-refractivity contribution in [3.63, 3.8) is 0 Å². The van der Waals surface area contributed by atoms with Crippen molar-refractivity contribution in [1.29, 1.82) is 5.26 Å². The van der Waals surface area contributed by atoms with E-state index in [1.165, 1.54) is 11.8 Å². The molecule has 4 aromatic rings. The largest absolute Gasteiger partial charge is 0.338 e. The molecule has 8 heteroatoms. The Labute approximate surface area is 164 Å². The lowest BCUT2D eigenvalue weighted by Crippen LogP contribution is -1.96. The minimum absolute atomic E-state index is 0.555. The lowest BCUT2D eigenvalue weighted by molar-refractivity contribution is 1.09. The van der Waals surface area contributed by atoms with E-state index in [0.29, 0.717) is 22.1 Å². The molecular formula is C20H13N7S. The van der Waals surface area contributed by atoms with Gasteiger partial charge in [0, 0.05) is 23.5 Å². The molecule has 4 aromatic heterocycles.